The summed E-state index contributed by atoms with van der Waals surface area (Å²) >= 11 is 1.63. The van der Waals surface area contributed by atoms with Gasteiger partial charge in [-0.3, -0.25) is 0 Å². The minimum Gasteiger partial charge on any atom is -0.478 e. The van der Waals surface area contributed by atoms with Crippen molar-refractivity contribution in [3.8, 4) is 11.3 Å². The molecule has 18 heavy (non-hydrogen) atoms. The van der Waals surface area contributed by atoms with Gasteiger partial charge in [0.05, 0.1) is 16.3 Å². The molecule has 0 aliphatic heterocycles. The van der Waals surface area contributed by atoms with Crippen LogP contribution in [0, 0.1) is 0 Å². The summed E-state index contributed by atoms with van der Waals surface area (Å²) < 4.78 is 0. The van der Waals surface area contributed by atoms with E-state index in [4.69, 9.17) is 5.11 Å². The molecule has 0 saturated heterocycles. The van der Waals surface area contributed by atoms with Crippen molar-refractivity contribution >= 4 is 17.3 Å². The molecule has 0 spiro atoms. The van der Waals surface area contributed by atoms with E-state index in [1.54, 1.807) is 35.6 Å². The molecule has 94 valence electrons. The maximum absolute atomic E-state index is 10.8. The topological polar surface area (TPSA) is 50.2 Å². The monoisotopic (exact) mass is 261 g/mol. The number of aromatic carboxylic acids is 1. The first kappa shape index (κ1) is 12.8. The van der Waals surface area contributed by atoms with Gasteiger partial charge in [-0.15, -0.1) is 11.3 Å². The third-order valence-corrected chi connectivity index (χ3v) is 3.84. The van der Waals surface area contributed by atoms with Crippen molar-refractivity contribution in [3.05, 3.63) is 40.2 Å². The van der Waals surface area contributed by atoms with E-state index in [1.807, 2.05) is 5.38 Å². The third kappa shape index (κ3) is 2.59. The summed E-state index contributed by atoms with van der Waals surface area (Å²) in [6, 6.07) is 6.80. The second-order valence-electron chi connectivity index (χ2n) is 5.17. The lowest BCUT2D eigenvalue weighted by Crippen LogP contribution is -2.10. The first-order valence-corrected chi connectivity index (χ1v) is 6.55. The normalized spacial score (nSPS) is 11.5. The zero-order valence-electron chi connectivity index (χ0n) is 10.6. The van der Waals surface area contributed by atoms with Crippen LogP contribution >= 0.6 is 11.3 Å². The van der Waals surface area contributed by atoms with Crippen LogP contribution in [0.4, 0.5) is 0 Å². The quantitative estimate of drug-likeness (QED) is 0.894. The number of nitrogens with zero attached hydrogens (tertiary/aromatic N) is 1. The number of thiazole rings is 1. The molecule has 1 aromatic carbocycles. The molecule has 1 N–H and O–H groups in total. The standard InChI is InChI=1S/C14H15NO2S/c1-14(2,3)13-15-11(8-18-13)9-4-6-10(7-5-9)12(16)17/h4-8H,1-3H3,(H,16,17). The molecule has 2 rings (SSSR count). The maximum atomic E-state index is 10.8. The largest absolute Gasteiger partial charge is 0.478 e. The minimum atomic E-state index is -0.907. The van der Waals surface area contributed by atoms with Gasteiger partial charge in [-0.2, -0.15) is 0 Å². The summed E-state index contributed by atoms with van der Waals surface area (Å²) in [6.45, 7) is 6.38. The van der Waals surface area contributed by atoms with Gasteiger partial charge in [0, 0.05) is 16.4 Å². The van der Waals surface area contributed by atoms with Crippen molar-refractivity contribution in [1.29, 1.82) is 0 Å². The van der Waals surface area contributed by atoms with Crippen LogP contribution in [0.15, 0.2) is 29.6 Å². The molecule has 0 fully saturated rings. The van der Waals surface area contributed by atoms with E-state index in [-0.39, 0.29) is 5.41 Å². The lowest BCUT2D eigenvalue weighted by molar-refractivity contribution is 0.0697. The number of hydrogen-bond donors (Lipinski definition) is 1. The second kappa shape index (κ2) is 4.53. The number of carbonyl (C=O) groups is 1. The van der Waals surface area contributed by atoms with Gasteiger partial charge in [-0.25, -0.2) is 9.78 Å². The molecular formula is C14H15NO2S. The summed E-state index contributed by atoms with van der Waals surface area (Å²) in [5, 5.41) is 11.9. The molecule has 0 aliphatic carbocycles. The lowest BCUT2D eigenvalue weighted by atomic mass is 9.98. The maximum Gasteiger partial charge on any atom is 0.335 e. The van der Waals surface area contributed by atoms with Crippen molar-refractivity contribution in [1.82, 2.24) is 4.98 Å². The molecule has 0 bridgehead atoms. The van der Waals surface area contributed by atoms with Gasteiger partial charge in [-0.05, 0) is 12.1 Å². The minimum absolute atomic E-state index is 0.0456. The Morgan fingerprint density at radius 1 is 1.22 bits per heavy atom. The Bertz CT molecular complexity index is 564. The molecule has 0 unspecified atom stereocenters. The van der Waals surface area contributed by atoms with Crippen LogP contribution in [-0.2, 0) is 5.41 Å². The Kier molecular flexibility index (Phi) is 3.22. The summed E-state index contributed by atoms with van der Waals surface area (Å²) in [6.07, 6.45) is 0. The van der Waals surface area contributed by atoms with Gasteiger partial charge in [0.25, 0.3) is 0 Å². The molecule has 1 aromatic heterocycles. The van der Waals surface area contributed by atoms with Crippen LogP contribution in [-0.4, -0.2) is 16.1 Å². The Morgan fingerprint density at radius 2 is 1.83 bits per heavy atom. The average molecular weight is 261 g/mol. The Labute approximate surface area is 110 Å². The van der Waals surface area contributed by atoms with Crippen molar-refractivity contribution in [2.45, 2.75) is 26.2 Å². The van der Waals surface area contributed by atoms with E-state index in [9.17, 15) is 4.79 Å². The number of benzene rings is 1. The van der Waals surface area contributed by atoms with E-state index in [0.717, 1.165) is 16.3 Å². The highest BCUT2D eigenvalue weighted by Crippen LogP contribution is 2.29. The number of aromatic nitrogens is 1. The van der Waals surface area contributed by atoms with Crippen LogP contribution in [0.25, 0.3) is 11.3 Å². The zero-order valence-corrected chi connectivity index (χ0v) is 11.4. The van der Waals surface area contributed by atoms with Gasteiger partial charge in [0.1, 0.15) is 0 Å². The van der Waals surface area contributed by atoms with Crippen molar-refractivity contribution in [3.63, 3.8) is 0 Å². The first-order chi connectivity index (χ1) is 8.38. The molecule has 1 heterocycles. The van der Waals surface area contributed by atoms with Crippen LogP contribution < -0.4 is 0 Å². The molecular weight excluding hydrogens is 246 g/mol. The highest BCUT2D eigenvalue weighted by molar-refractivity contribution is 7.10. The van der Waals surface area contributed by atoms with Crippen LogP contribution in [0.5, 0.6) is 0 Å². The number of carboxylic acids is 1. The number of hydrogen-bond acceptors (Lipinski definition) is 3. The van der Waals surface area contributed by atoms with Crippen LogP contribution in [0.3, 0.4) is 0 Å². The van der Waals surface area contributed by atoms with Gasteiger partial charge < -0.3 is 5.11 Å². The van der Waals surface area contributed by atoms with E-state index >= 15 is 0 Å². The predicted molar refractivity (Wildman–Crippen MR) is 73.2 cm³/mol. The van der Waals surface area contributed by atoms with Gasteiger partial charge in [-0.1, -0.05) is 32.9 Å². The molecule has 0 atom stereocenters. The Balaban J connectivity index is 2.32. The smallest absolute Gasteiger partial charge is 0.335 e. The highest BCUT2D eigenvalue weighted by Gasteiger charge is 2.18. The van der Waals surface area contributed by atoms with Crippen molar-refractivity contribution in [2.75, 3.05) is 0 Å². The van der Waals surface area contributed by atoms with Gasteiger partial charge in [0.2, 0.25) is 0 Å². The van der Waals surface area contributed by atoms with Crippen molar-refractivity contribution < 1.29 is 9.90 Å². The van der Waals surface area contributed by atoms with Crippen molar-refractivity contribution in [2.24, 2.45) is 0 Å². The molecule has 0 radical (unpaired) electrons. The van der Waals surface area contributed by atoms with Gasteiger partial charge in [0.15, 0.2) is 0 Å². The van der Waals surface area contributed by atoms with E-state index in [2.05, 4.69) is 25.8 Å². The van der Waals surface area contributed by atoms with Crippen LogP contribution in [0.2, 0.25) is 0 Å². The summed E-state index contributed by atoms with van der Waals surface area (Å²) in [4.78, 5) is 15.4. The molecule has 3 nitrogen and oxygen atoms in total. The zero-order chi connectivity index (χ0) is 13.3. The van der Waals surface area contributed by atoms with E-state index in [1.165, 1.54) is 0 Å². The van der Waals surface area contributed by atoms with E-state index < -0.39 is 5.97 Å². The molecule has 2 aromatic rings. The first-order valence-electron chi connectivity index (χ1n) is 5.67. The SMILES string of the molecule is CC(C)(C)c1nc(-c2ccc(C(=O)O)cc2)cs1. The molecule has 0 amide bonds. The number of rotatable bonds is 2. The average Bonchev–Trinajstić information content (AvgIpc) is 2.78. The molecule has 4 heteroatoms. The summed E-state index contributed by atoms with van der Waals surface area (Å²) in [5.74, 6) is -0.907. The van der Waals surface area contributed by atoms with E-state index in [0.29, 0.717) is 5.56 Å². The predicted octanol–water partition coefficient (Wildman–Crippen LogP) is 3.81. The fourth-order valence-electron chi connectivity index (χ4n) is 1.53. The van der Waals surface area contributed by atoms with Crippen LogP contribution in [0.1, 0.15) is 36.1 Å². The Hall–Kier alpha value is -1.68. The lowest BCUT2D eigenvalue weighted by Gasteiger charge is -2.13. The van der Waals surface area contributed by atoms with Gasteiger partial charge >= 0.3 is 5.97 Å². The highest BCUT2D eigenvalue weighted by atomic mass is 32.1. The Morgan fingerprint density at radius 3 is 2.28 bits per heavy atom. The summed E-state index contributed by atoms with van der Waals surface area (Å²) in [5.41, 5.74) is 2.20. The second-order valence-corrected chi connectivity index (χ2v) is 6.03. The number of carboxylic acid groups (broad SMARTS) is 1. The molecule has 0 aliphatic rings. The third-order valence-electron chi connectivity index (χ3n) is 2.57. The summed E-state index contributed by atoms with van der Waals surface area (Å²) in [7, 11) is 0. The fraction of sp³-hybridized carbons (Fsp3) is 0.286. The fourth-order valence-corrected chi connectivity index (χ4v) is 2.45. The molecule has 0 saturated carbocycles.